The summed E-state index contributed by atoms with van der Waals surface area (Å²) in [7, 11) is 1.75. The number of thiazole rings is 1. The van der Waals surface area contributed by atoms with Crippen molar-refractivity contribution in [3.63, 3.8) is 0 Å². The number of aromatic nitrogens is 1. The summed E-state index contributed by atoms with van der Waals surface area (Å²) in [6, 6.07) is 6.52. The van der Waals surface area contributed by atoms with E-state index in [0.717, 1.165) is 24.8 Å². The summed E-state index contributed by atoms with van der Waals surface area (Å²) in [6.07, 6.45) is 2.50. The molecule has 0 N–H and O–H groups in total. The Balaban J connectivity index is 2.36. The van der Waals surface area contributed by atoms with E-state index in [9.17, 15) is 9.18 Å². The fourth-order valence-corrected chi connectivity index (χ4v) is 2.73. The predicted molar refractivity (Wildman–Crippen MR) is 76.0 cm³/mol. The Labute approximate surface area is 115 Å². The van der Waals surface area contributed by atoms with Crippen LogP contribution in [0.5, 0.6) is 0 Å². The minimum absolute atomic E-state index is 0.301. The number of hydrogen-bond acceptors (Lipinski definition) is 4. The number of nitrogens with zero attached hydrogens (tertiary/aromatic N) is 2. The molecule has 0 fully saturated rings. The number of benzene rings is 1. The maximum Gasteiger partial charge on any atom is 0.190 e. The number of anilines is 2. The number of para-hydroxylation sites is 1. The molecule has 0 saturated carbocycles. The van der Waals surface area contributed by atoms with Crippen molar-refractivity contribution in [2.75, 3.05) is 11.9 Å². The molecule has 1 heterocycles. The Morgan fingerprint density at radius 2 is 2.16 bits per heavy atom. The minimum Gasteiger partial charge on any atom is -0.318 e. The Bertz CT molecular complexity index is 583. The summed E-state index contributed by atoms with van der Waals surface area (Å²) in [5.41, 5.74) is 1.25. The first-order chi connectivity index (χ1) is 9.17. The minimum atomic E-state index is -0.301. The first-order valence-electron chi connectivity index (χ1n) is 6.10. The molecule has 0 amide bonds. The molecule has 0 unspecified atom stereocenters. The van der Waals surface area contributed by atoms with Crippen molar-refractivity contribution in [3.8, 4) is 0 Å². The molecule has 2 rings (SSSR count). The van der Waals surface area contributed by atoms with E-state index in [2.05, 4.69) is 4.98 Å². The van der Waals surface area contributed by atoms with E-state index in [1.54, 1.807) is 30.1 Å². The van der Waals surface area contributed by atoms with Gasteiger partial charge in [-0.2, -0.15) is 0 Å². The van der Waals surface area contributed by atoms with Crippen LogP contribution >= 0.6 is 11.3 Å². The molecule has 19 heavy (non-hydrogen) atoms. The van der Waals surface area contributed by atoms with E-state index < -0.39 is 0 Å². The number of aldehydes is 1. The van der Waals surface area contributed by atoms with Crippen molar-refractivity contribution < 1.29 is 9.18 Å². The van der Waals surface area contributed by atoms with E-state index >= 15 is 0 Å². The van der Waals surface area contributed by atoms with Crippen molar-refractivity contribution in [2.24, 2.45) is 0 Å². The van der Waals surface area contributed by atoms with E-state index in [-0.39, 0.29) is 5.82 Å². The summed E-state index contributed by atoms with van der Waals surface area (Å²) in [4.78, 5) is 17.8. The number of carbonyl (C=O) groups is 1. The van der Waals surface area contributed by atoms with Crippen LogP contribution in [0.25, 0.3) is 0 Å². The zero-order valence-electron chi connectivity index (χ0n) is 10.9. The van der Waals surface area contributed by atoms with Crippen LogP contribution in [0.1, 0.15) is 28.7 Å². The number of halogens is 1. The highest BCUT2D eigenvalue weighted by Crippen LogP contribution is 2.31. The fraction of sp³-hybridized carbons (Fsp3) is 0.286. The normalized spacial score (nSPS) is 10.5. The van der Waals surface area contributed by atoms with Crippen LogP contribution in [0.2, 0.25) is 0 Å². The quantitative estimate of drug-likeness (QED) is 0.780. The molecular formula is C14H15FN2OS. The second kappa shape index (κ2) is 5.93. The van der Waals surface area contributed by atoms with E-state index in [1.807, 2.05) is 6.92 Å². The average Bonchev–Trinajstić information content (AvgIpc) is 2.82. The van der Waals surface area contributed by atoms with Gasteiger partial charge in [-0.05, 0) is 18.6 Å². The smallest absolute Gasteiger partial charge is 0.190 e. The molecule has 100 valence electrons. The van der Waals surface area contributed by atoms with E-state index in [1.165, 1.54) is 17.4 Å². The van der Waals surface area contributed by atoms with Gasteiger partial charge in [-0.25, -0.2) is 9.37 Å². The molecule has 0 spiro atoms. The molecule has 0 bridgehead atoms. The van der Waals surface area contributed by atoms with Gasteiger partial charge in [0.15, 0.2) is 11.4 Å². The summed E-state index contributed by atoms with van der Waals surface area (Å²) >= 11 is 1.29. The SMILES string of the molecule is CCCc1nc(N(C)c2ccccc2F)sc1C=O. The van der Waals surface area contributed by atoms with Crippen LogP contribution in [0.3, 0.4) is 0 Å². The zero-order valence-corrected chi connectivity index (χ0v) is 11.7. The summed E-state index contributed by atoms with van der Waals surface area (Å²) in [6.45, 7) is 2.04. The lowest BCUT2D eigenvalue weighted by atomic mass is 10.2. The summed E-state index contributed by atoms with van der Waals surface area (Å²) < 4.78 is 13.7. The topological polar surface area (TPSA) is 33.2 Å². The van der Waals surface area contributed by atoms with Crippen LogP contribution in [0, 0.1) is 5.82 Å². The van der Waals surface area contributed by atoms with Crippen molar-refractivity contribution in [3.05, 3.63) is 40.7 Å². The van der Waals surface area contributed by atoms with Crippen LogP contribution in [0.4, 0.5) is 15.2 Å². The Morgan fingerprint density at radius 3 is 2.79 bits per heavy atom. The van der Waals surface area contributed by atoms with Crippen molar-refractivity contribution in [1.29, 1.82) is 0 Å². The molecule has 3 nitrogen and oxygen atoms in total. The molecule has 0 atom stereocenters. The van der Waals surface area contributed by atoms with Gasteiger partial charge in [0.25, 0.3) is 0 Å². The largest absolute Gasteiger partial charge is 0.318 e. The first-order valence-corrected chi connectivity index (χ1v) is 6.92. The molecule has 0 radical (unpaired) electrons. The maximum atomic E-state index is 13.7. The third kappa shape index (κ3) is 2.81. The second-order valence-electron chi connectivity index (χ2n) is 4.19. The van der Waals surface area contributed by atoms with Crippen LogP contribution in [0.15, 0.2) is 24.3 Å². The number of aryl methyl sites for hydroxylation is 1. The molecule has 0 aliphatic carbocycles. The van der Waals surface area contributed by atoms with Crippen molar-refractivity contribution >= 4 is 28.4 Å². The lowest BCUT2D eigenvalue weighted by Gasteiger charge is -2.16. The fourth-order valence-electron chi connectivity index (χ4n) is 1.83. The lowest BCUT2D eigenvalue weighted by Crippen LogP contribution is -2.10. The van der Waals surface area contributed by atoms with Crippen molar-refractivity contribution in [1.82, 2.24) is 4.98 Å². The Morgan fingerprint density at radius 1 is 1.42 bits per heavy atom. The number of rotatable bonds is 5. The van der Waals surface area contributed by atoms with Gasteiger partial charge in [0.2, 0.25) is 0 Å². The average molecular weight is 278 g/mol. The van der Waals surface area contributed by atoms with Gasteiger partial charge in [-0.15, -0.1) is 0 Å². The highest BCUT2D eigenvalue weighted by atomic mass is 32.1. The third-order valence-electron chi connectivity index (χ3n) is 2.81. The highest BCUT2D eigenvalue weighted by Gasteiger charge is 2.16. The monoisotopic (exact) mass is 278 g/mol. The van der Waals surface area contributed by atoms with Crippen LogP contribution < -0.4 is 4.90 Å². The van der Waals surface area contributed by atoms with Crippen LogP contribution in [-0.2, 0) is 6.42 Å². The predicted octanol–water partition coefficient (Wildman–Crippen LogP) is 3.82. The molecule has 1 aromatic carbocycles. The number of carbonyl (C=O) groups excluding carboxylic acids is 1. The van der Waals surface area contributed by atoms with Gasteiger partial charge < -0.3 is 4.90 Å². The van der Waals surface area contributed by atoms with Gasteiger partial charge in [-0.1, -0.05) is 36.8 Å². The molecule has 0 aliphatic rings. The van der Waals surface area contributed by atoms with Crippen molar-refractivity contribution in [2.45, 2.75) is 19.8 Å². The summed E-state index contributed by atoms with van der Waals surface area (Å²) in [5.74, 6) is -0.301. The maximum absolute atomic E-state index is 13.7. The Kier molecular flexibility index (Phi) is 4.27. The molecular weight excluding hydrogens is 263 g/mol. The number of hydrogen-bond donors (Lipinski definition) is 0. The van der Waals surface area contributed by atoms with E-state index in [0.29, 0.717) is 15.7 Å². The molecule has 0 aliphatic heterocycles. The second-order valence-corrected chi connectivity index (χ2v) is 5.19. The molecule has 5 heteroatoms. The third-order valence-corrected chi connectivity index (χ3v) is 3.91. The van der Waals surface area contributed by atoms with Gasteiger partial charge in [0, 0.05) is 7.05 Å². The zero-order chi connectivity index (χ0) is 13.8. The lowest BCUT2D eigenvalue weighted by molar-refractivity contribution is 0.112. The molecule has 0 saturated heterocycles. The highest BCUT2D eigenvalue weighted by molar-refractivity contribution is 7.17. The van der Waals surface area contributed by atoms with Gasteiger partial charge in [0.1, 0.15) is 5.82 Å². The van der Waals surface area contributed by atoms with Gasteiger partial charge in [0.05, 0.1) is 16.3 Å². The first kappa shape index (κ1) is 13.7. The Hall–Kier alpha value is -1.75. The molecule has 2 aromatic rings. The molecule has 1 aromatic heterocycles. The van der Waals surface area contributed by atoms with E-state index in [4.69, 9.17) is 0 Å². The standard InChI is InChI=1S/C14H15FN2OS/c1-3-6-11-13(9-18)19-14(16-11)17(2)12-8-5-4-7-10(12)15/h4-5,7-9H,3,6H2,1-2H3. The van der Waals surface area contributed by atoms with Gasteiger partial charge in [-0.3, -0.25) is 4.79 Å². The van der Waals surface area contributed by atoms with Crippen LogP contribution in [-0.4, -0.2) is 18.3 Å². The van der Waals surface area contributed by atoms with Gasteiger partial charge >= 0.3 is 0 Å². The summed E-state index contributed by atoms with van der Waals surface area (Å²) in [5, 5.41) is 0.635.